The van der Waals surface area contributed by atoms with Crippen LogP contribution >= 0.6 is 27.5 Å². The molecule has 5 rings (SSSR count). The molecule has 256 valence electrons. The second kappa shape index (κ2) is 15.4. The molecule has 3 aliphatic rings. The maximum absolute atomic E-state index is 14.8. The third-order valence-electron chi connectivity index (χ3n) is 9.52. The van der Waals surface area contributed by atoms with Gasteiger partial charge in [0.25, 0.3) is 5.91 Å². The van der Waals surface area contributed by atoms with Gasteiger partial charge in [-0.2, -0.15) is 0 Å². The summed E-state index contributed by atoms with van der Waals surface area (Å²) in [6.45, 7) is 9.04. The Labute approximate surface area is 294 Å². The Morgan fingerprint density at radius 2 is 1.90 bits per heavy atom. The number of nitrogens with one attached hydrogen (secondary N) is 1. The maximum Gasteiger partial charge on any atom is 0.313 e. The van der Waals surface area contributed by atoms with Gasteiger partial charge in [-0.3, -0.25) is 19.2 Å². The fourth-order valence-electron chi connectivity index (χ4n) is 7.32. The van der Waals surface area contributed by atoms with E-state index in [0.717, 1.165) is 0 Å². The predicted molar refractivity (Wildman–Crippen MR) is 185 cm³/mol. The van der Waals surface area contributed by atoms with Gasteiger partial charge in [0, 0.05) is 17.8 Å². The van der Waals surface area contributed by atoms with Crippen LogP contribution in [0.2, 0.25) is 5.02 Å². The highest BCUT2D eigenvalue weighted by Crippen LogP contribution is 2.61. The number of carbonyl (C=O) groups excluding carboxylic acids is 4. The molecule has 3 aliphatic heterocycles. The number of carbonyl (C=O) groups is 4. The molecule has 0 aliphatic carbocycles. The number of para-hydroxylation sites is 1. The first kappa shape index (κ1) is 35.8. The zero-order valence-corrected chi connectivity index (χ0v) is 29.1. The van der Waals surface area contributed by atoms with Gasteiger partial charge in [-0.05, 0) is 37.0 Å². The number of esters is 1. The van der Waals surface area contributed by atoms with Gasteiger partial charge >= 0.3 is 5.97 Å². The van der Waals surface area contributed by atoms with Crippen molar-refractivity contribution in [2.45, 2.75) is 67.3 Å². The minimum atomic E-state index is -1.39. The lowest BCUT2D eigenvalue weighted by Gasteiger charge is -2.39. The first-order valence-corrected chi connectivity index (χ1v) is 17.5. The molecule has 1 spiro atoms. The van der Waals surface area contributed by atoms with Crippen molar-refractivity contribution in [3.63, 3.8) is 0 Å². The van der Waals surface area contributed by atoms with Crippen LogP contribution in [0.15, 0.2) is 79.9 Å². The van der Waals surface area contributed by atoms with Crippen molar-refractivity contribution in [2.24, 2.45) is 11.8 Å². The van der Waals surface area contributed by atoms with Crippen molar-refractivity contribution >= 4 is 56.9 Å². The van der Waals surface area contributed by atoms with Crippen LogP contribution in [0.5, 0.6) is 0 Å². The summed E-state index contributed by atoms with van der Waals surface area (Å²) in [4.78, 5) is 58.5. The van der Waals surface area contributed by atoms with Crippen LogP contribution < -0.4 is 10.2 Å². The molecule has 2 N–H and O–H groups in total. The molecule has 2 aromatic carbocycles. The second-order valence-electron chi connectivity index (χ2n) is 12.3. The van der Waals surface area contributed by atoms with Crippen LogP contribution in [0.25, 0.3) is 0 Å². The van der Waals surface area contributed by atoms with Crippen LogP contribution in [0.4, 0.5) is 5.69 Å². The molecule has 3 fully saturated rings. The van der Waals surface area contributed by atoms with E-state index in [0.29, 0.717) is 29.1 Å². The monoisotopic (exact) mass is 741 g/mol. The van der Waals surface area contributed by atoms with E-state index in [2.05, 4.69) is 34.4 Å². The van der Waals surface area contributed by atoms with E-state index >= 15 is 0 Å². The number of allylic oxidation sites excluding steroid dienone is 1. The van der Waals surface area contributed by atoms with Gasteiger partial charge in [-0.1, -0.05) is 89.1 Å². The minimum Gasteiger partial charge on any atom is -0.455 e. The zero-order chi connectivity index (χ0) is 34.6. The summed E-state index contributed by atoms with van der Waals surface area (Å²) in [5, 5.41) is 13.6. The van der Waals surface area contributed by atoms with Gasteiger partial charge in [0.1, 0.15) is 17.7 Å². The third kappa shape index (κ3) is 6.57. The summed E-state index contributed by atoms with van der Waals surface area (Å²) in [5.41, 5.74) is -0.281. The van der Waals surface area contributed by atoms with E-state index in [1.807, 2.05) is 25.1 Å². The van der Waals surface area contributed by atoms with Crippen molar-refractivity contribution in [3.8, 4) is 0 Å². The molecular formula is C36H41BrClN3O7. The van der Waals surface area contributed by atoms with Crippen molar-refractivity contribution in [1.82, 2.24) is 10.2 Å². The Balaban J connectivity index is 1.51. The summed E-state index contributed by atoms with van der Waals surface area (Å²) >= 11 is 10.2. The first-order chi connectivity index (χ1) is 23.1. The molecular weight excluding hydrogens is 702 g/mol. The lowest BCUT2D eigenvalue weighted by Crippen LogP contribution is -2.59. The molecule has 0 aromatic heterocycles. The van der Waals surface area contributed by atoms with E-state index in [4.69, 9.17) is 21.1 Å². The fourth-order valence-corrected chi connectivity index (χ4v) is 8.50. The number of likely N-dealkylation sites (tertiary alicyclic amines) is 1. The van der Waals surface area contributed by atoms with E-state index in [1.54, 1.807) is 48.6 Å². The number of fused-ring (bicyclic) bond motifs is 1. The molecule has 1 unspecified atom stereocenters. The maximum atomic E-state index is 14.8. The SMILES string of the molecule is C=CCCC(=O)NC[C@@H](OC(=O)[C@@H]1[C@H]2O[C@@]3(CC2Br)[C@H](C(=O)N(CC=C)c2ccccc2Cl)N([C@@H](CC)CO)C(=O)[C@@H]13)c1ccccc1. The average Bonchev–Trinajstić information content (AvgIpc) is 3.69. The molecule has 0 radical (unpaired) electrons. The largest absolute Gasteiger partial charge is 0.455 e. The minimum absolute atomic E-state index is 0.0233. The van der Waals surface area contributed by atoms with Gasteiger partial charge in [0.2, 0.25) is 11.8 Å². The molecule has 8 atom stereocenters. The quantitative estimate of drug-likeness (QED) is 0.154. The highest BCUT2D eigenvalue weighted by Gasteiger charge is 2.77. The number of ether oxygens (including phenoxy) is 2. The van der Waals surface area contributed by atoms with Crippen molar-refractivity contribution in [1.29, 1.82) is 0 Å². The number of anilines is 1. The van der Waals surface area contributed by atoms with Gasteiger partial charge in [0.05, 0.1) is 47.8 Å². The summed E-state index contributed by atoms with van der Waals surface area (Å²) < 4.78 is 12.8. The van der Waals surface area contributed by atoms with Crippen LogP contribution in [0, 0.1) is 11.8 Å². The number of rotatable bonds is 15. The van der Waals surface area contributed by atoms with E-state index in [-0.39, 0.29) is 43.3 Å². The Kier molecular flexibility index (Phi) is 11.5. The Hall–Kier alpha value is -3.51. The number of aliphatic hydroxyl groups is 1. The fraction of sp³-hybridized carbons (Fsp3) is 0.444. The Morgan fingerprint density at radius 1 is 1.19 bits per heavy atom. The van der Waals surface area contributed by atoms with Gasteiger partial charge < -0.3 is 29.7 Å². The molecule has 2 bridgehead atoms. The molecule has 3 amide bonds. The molecule has 0 saturated carbocycles. The van der Waals surface area contributed by atoms with Crippen molar-refractivity contribution in [2.75, 3.05) is 24.6 Å². The highest BCUT2D eigenvalue weighted by molar-refractivity contribution is 9.09. The lowest BCUT2D eigenvalue weighted by molar-refractivity contribution is -0.160. The standard InChI is InChI=1S/C36H41BrClN3O7/c1-4-7-17-28(43)39-20-27(22-13-9-8-10-14-22)47-35(46)29-30-33(44)41(23(6-3)21-42)32(36(30)19-24(37)31(29)48-36)34(45)40(18-5-2)26-16-12-11-15-25(26)38/h4-5,8-16,23-24,27,29-32,42H,1-2,6-7,17-21H2,3H3,(H,39,43)/t23-,24?,27+,29-,30+,31-,32-,36+/m0/s1. The third-order valence-corrected chi connectivity index (χ3v) is 10.7. The van der Waals surface area contributed by atoms with E-state index in [9.17, 15) is 24.3 Å². The smallest absolute Gasteiger partial charge is 0.313 e. The number of nitrogens with zero attached hydrogens (tertiary/aromatic N) is 2. The first-order valence-electron chi connectivity index (χ1n) is 16.2. The van der Waals surface area contributed by atoms with Crippen LogP contribution in [-0.4, -0.2) is 82.0 Å². The summed E-state index contributed by atoms with van der Waals surface area (Å²) in [7, 11) is 0. The molecule has 3 saturated heterocycles. The second-order valence-corrected chi connectivity index (χ2v) is 13.9. The van der Waals surface area contributed by atoms with E-state index in [1.165, 1.54) is 9.80 Å². The average molecular weight is 743 g/mol. The number of aliphatic hydroxyl groups excluding tert-OH is 1. The zero-order valence-electron chi connectivity index (χ0n) is 26.8. The van der Waals surface area contributed by atoms with Gasteiger partial charge in [0.15, 0.2) is 0 Å². The summed E-state index contributed by atoms with van der Waals surface area (Å²) in [6.07, 6.45) is 3.01. The molecule has 2 aromatic rings. The number of hydrogen-bond acceptors (Lipinski definition) is 7. The number of hydrogen-bond donors (Lipinski definition) is 2. The van der Waals surface area contributed by atoms with Crippen LogP contribution in [0.3, 0.4) is 0 Å². The normalized spacial score (nSPS) is 26.8. The molecule has 3 heterocycles. The number of amides is 3. The number of benzene rings is 2. The van der Waals surface area contributed by atoms with E-state index < -0.39 is 59.5 Å². The highest BCUT2D eigenvalue weighted by atomic mass is 79.9. The Morgan fingerprint density at radius 3 is 2.54 bits per heavy atom. The number of alkyl halides is 1. The number of halogens is 2. The summed E-state index contributed by atoms with van der Waals surface area (Å²) in [6, 6.07) is 14.1. The van der Waals surface area contributed by atoms with Gasteiger partial charge in [-0.25, -0.2) is 0 Å². The Bertz CT molecular complexity index is 1540. The van der Waals surface area contributed by atoms with Crippen LogP contribution in [-0.2, 0) is 28.7 Å². The van der Waals surface area contributed by atoms with Crippen molar-refractivity contribution < 1.29 is 33.8 Å². The van der Waals surface area contributed by atoms with Gasteiger partial charge in [-0.15, -0.1) is 13.2 Å². The summed E-state index contributed by atoms with van der Waals surface area (Å²) in [5.74, 6) is -3.89. The topological polar surface area (TPSA) is 125 Å². The molecule has 10 nitrogen and oxygen atoms in total. The predicted octanol–water partition coefficient (Wildman–Crippen LogP) is 4.74. The van der Waals surface area contributed by atoms with Crippen molar-refractivity contribution in [3.05, 3.63) is 90.5 Å². The van der Waals surface area contributed by atoms with Crippen LogP contribution in [0.1, 0.15) is 44.3 Å². The lowest BCUT2D eigenvalue weighted by atomic mass is 9.70. The molecule has 12 heteroatoms. The molecule has 48 heavy (non-hydrogen) atoms.